The number of carbonyl (C=O) groups is 3. The maximum absolute atomic E-state index is 12.9. The number of esters is 3. The molecule has 0 spiro atoms. The second-order valence-electron chi connectivity index (χ2n) is 23.8. The summed E-state index contributed by atoms with van der Waals surface area (Å²) in [5.74, 6) is -0.864. The Kier molecular flexibility index (Phi) is 64.6. The fourth-order valence-corrected chi connectivity index (χ4v) is 10.7. The summed E-state index contributed by atoms with van der Waals surface area (Å²) in [5.41, 5.74) is 0. The van der Waals surface area contributed by atoms with Gasteiger partial charge < -0.3 is 14.2 Å². The molecule has 0 aromatic rings. The highest BCUT2D eigenvalue weighted by molar-refractivity contribution is 5.71. The van der Waals surface area contributed by atoms with Crippen LogP contribution in [0.25, 0.3) is 0 Å². The maximum Gasteiger partial charge on any atom is 0.306 e. The molecule has 0 fully saturated rings. The molecule has 0 N–H and O–H groups in total. The Morgan fingerprint density at radius 1 is 0.247 bits per heavy atom. The van der Waals surface area contributed by atoms with Gasteiger partial charge in [-0.1, -0.05) is 328 Å². The van der Waals surface area contributed by atoms with Gasteiger partial charge in [-0.3, -0.25) is 14.4 Å². The van der Waals surface area contributed by atoms with Gasteiger partial charge in [0.15, 0.2) is 6.10 Å². The number of hydrogen-bond donors (Lipinski definition) is 0. The summed E-state index contributed by atoms with van der Waals surface area (Å²) in [4.78, 5) is 38.3. The van der Waals surface area contributed by atoms with E-state index in [0.29, 0.717) is 19.3 Å². The molecule has 0 aliphatic rings. The highest BCUT2D eigenvalue weighted by atomic mass is 16.6. The van der Waals surface area contributed by atoms with Gasteiger partial charge in [-0.2, -0.15) is 0 Å². The molecule has 6 nitrogen and oxygen atoms in total. The Labute approximate surface area is 481 Å². The lowest BCUT2D eigenvalue weighted by atomic mass is 10.0. The van der Waals surface area contributed by atoms with Crippen molar-refractivity contribution in [2.24, 2.45) is 0 Å². The first-order valence-electron chi connectivity index (χ1n) is 34.8. The van der Waals surface area contributed by atoms with Crippen molar-refractivity contribution in [2.45, 2.75) is 399 Å². The molecule has 0 aromatic heterocycles. The third kappa shape index (κ3) is 64.6. The summed E-state index contributed by atoms with van der Waals surface area (Å²) in [6.07, 6.45) is 80.8. The normalized spacial score (nSPS) is 12.1. The van der Waals surface area contributed by atoms with Crippen molar-refractivity contribution in [3.63, 3.8) is 0 Å². The zero-order valence-electron chi connectivity index (χ0n) is 52.3. The lowest BCUT2D eigenvalue weighted by Gasteiger charge is -2.18. The van der Waals surface area contributed by atoms with Crippen molar-refractivity contribution < 1.29 is 28.6 Å². The summed E-state index contributed by atoms with van der Waals surface area (Å²) in [6, 6.07) is 0. The van der Waals surface area contributed by atoms with Gasteiger partial charge in [0.1, 0.15) is 13.2 Å². The standard InChI is InChI=1S/C71H134O6/c1-4-7-10-13-16-19-22-25-27-28-29-30-31-32-33-34-35-36-37-38-39-40-41-42-44-46-49-52-55-58-61-64-70(73)76-67-68(66-75-69(72)63-60-57-54-51-48-45-24-21-18-15-12-9-6-3)77-71(74)65-62-59-56-53-50-47-43-26-23-20-17-14-11-8-5-2/h21,24,26,43,68H,4-20,22-23,25,27-42,44-67H2,1-3H3/b24-21-,43-26-. The summed E-state index contributed by atoms with van der Waals surface area (Å²) in [7, 11) is 0. The van der Waals surface area contributed by atoms with E-state index in [1.807, 2.05) is 0 Å². The first kappa shape index (κ1) is 74.9. The van der Waals surface area contributed by atoms with Crippen LogP contribution >= 0.6 is 0 Å². The van der Waals surface area contributed by atoms with Crippen LogP contribution in [0.15, 0.2) is 24.3 Å². The highest BCUT2D eigenvalue weighted by Gasteiger charge is 2.19. The molecule has 0 radical (unpaired) electrons. The van der Waals surface area contributed by atoms with E-state index in [9.17, 15) is 14.4 Å². The van der Waals surface area contributed by atoms with E-state index in [-0.39, 0.29) is 31.1 Å². The second kappa shape index (κ2) is 66.4. The summed E-state index contributed by atoms with van der Waals surface area (Å²) >= 11 is 0. The van der Waals surface area contributed by atoms with Gasteiger partial charge in [-0.25, -0.2) is 0 Å². The van der Waals surface area contributed by atoms with Crippen LogP contribution in [0.2, 0.25) is 0 Å². The lowest BCUT2D eigenvalue weighted by molar-refractivity contribution is -0.167. The molecule has 1 atom stereocenters. The Hall–Kier alpha value is -2.11. The van der Waals surface area contributed by atoms with Gasteiger partial charge >= 0.3 is 17.9 Å². The van der Waals surface area contributed by atoms with Crippen LogP contribution in [0.3, 0.4) is 0 Å². The van der Waals surface area contributed by atoms with Crippen molar-refractivity contribution in [2.75, 3.05) is 13.2 Å². The summed E-state index contributed by atoms with van der Waals surface area (Å²) in [6.45, 7) is 6.67. The molecule has 6 heteroatoms. The molecule has 0 aliphatic heterocycles. The number of ether oxygens (including phenoxy) is 3. The monoisotopic (exact) mass is 1080 g/mol. The smallest absolute Gasteiger partial charge is 0.306 e. The molecule has 454 valence electrons. The number of hydrogen-bond acceptors (Lipinski definition) is 6. The van der Waals surface area contributed by atoms with Crippen LogP contribution in [-0.2, 0) is 28.6 Å². The third-order valence-corrected chi connectivity index (χ3v) is 15.9. The quantitative estimate of drug-likeness (QED) is 0.0261. The van der Waals surface area contributed by atoms with Crippen LogP contribution in [-0.4, -0.2) is 37.2 Å². The molecule has 0 amide bonds. The number of allylic oxidation sites excluding steroid dienone is 4. The minimum absolute atomic E-state index is 0.0724. The summed E-state index contributed by atoms with van der Waals surface area (Å²) in [5, 5.41) is 0. The van der Waals surface area contributed by atoms with Crippen LogP contribution in [0, 0.1) is 0 Å². The molecular weight excluding hydrogens is 949 g/mol. The van der Waals surface area contributed by atoms with E-state index in [4.69, 9.17) is 14.2 Å². The van der Waals surface area contributed by atoms with Crippen molar-refractivity contribution in [3.05, 3.63) is 24.3 Å². The Balaban J connectivity index is 4.10. The molecule has 0 rings (SSSR count). The zero-order chi connectivity index (χ0) is 55.7. The Morgan fingerprint density at radius 3 is 0.662 bits per heavy atom. The molecule has 0 bridgehead atoms. The molecule has 0 heterocycles. The fourth-order valence-electron chi connectivity index (χ4n) is 10.7. The van der Waals surface area contributed by atoms with Gasteiger partial charge in [0.05, 0.1) is 0 Å². The van der Waals surface area contributed by atoms with E-state index in [1.165, 1.54) is 283 Å². The van der Waals surface area contributed by atoms with Crippen LogP contribution < -0.4 is 0 Å². The molecule has 0 aromatic carbocycles. The van der Waals surface area contributed by atoms with E-state index in [0.717, 1.165) is 70.6 Å². The number of unbranched alkanes of at least 4 members (excludes halogenated alkanes) is 50. The average molecular weight is 1080 g/mol. The van der Waals surface area contributed by atoms with Crippen molar-refractivity contribution >= 4 is 17.9 Å². The van der Waals surface area contributed by atoms with Crippen molar-refractivity contribution in [3.8, 4) is 0 Å². The lowest BCUT2D eigenvalue weighted by Crippen LogP contribution is -2.30. The van der Waals surface area contributed by atoms with Gasteiger partial charge in [-0.15, -0.1) is 0 Å². The molecular formula is C71H134O6. The minimum atomic E-state index is -0.776. The highest BCUT2D eigenvalue weighted by Crippen LogP contribution is 2.19. The minimum Gasteiger partial charge on any atom is -0.462 e. The van der Waals surface area contributed by atoms with Crippen LogP contribution in [0.1, 0.15) is 393 Å². The first-order chi connectivity index (χ1) is 38.0. The Bertz CT molecular complexity index is 1240. The van der Waals surface area contributed by atoms with Crippen molar-refractivity contribution in [1.82, 2.24) is 0 Å². The van der Waals surface area contributed by atoms with Gasteiger partial charge in [0.25, 0.3) is 0 Å². The van der Waals surface area contributed by atoms with E-state index in [1.54, 1.807) is 0 Å². The molecule has 0 saturated carbocycles. The topological polar surface area (TPSA) is 78.9 Å². The second-order valence-corrected chi connectivity index (χ2v) is 23.8. The predicted molar refractivity (Wildman–Crippen MR) is 335 cm³/mol. The number of rotatable bonds is 65. The van der Waals surface area contributed by atoms with Crippen LogP contribution in [0.4, 0.5) is 0 Å². The van der Waals surface area contributed by atoms with E-state index in [2.05, 4.69) is 45.1 Å². The Morgan fingerprint density at radius 2 is 0.429 bits per heavy atom. The average Bonchev–Trinajstić information content (AvgIpc) is 3.43. The maximum atomic E-state index is 12.9. The fraction of sp³-hybridized carbons (Fsp3) is 0.901. The molecule has 0 aliphatic carbocycles. The predicted octanol–water partition coefficient (Wildman–Crippen LogP) is 23.8. The molecule has 0 saturated heterocycles. The SMILES string of the molecule is CCCCCC/C=C\CCCCCCCC(=O)OCC(COC(=O)CCCCCCCCCCCCCCCCCCCCCCCCCCCCCCCCC)OC(=O)CCCCCCC/C=C\CCCCCCCC. The first-order valence-corrected chi connectivity index (χ1v) is 34.8. The van der Waals surface area contributed by atoms with Gasteiger partial charge in [0, 0.05) is 19.3 Å². The van der Waals surface area contributed by atoms with Crippen LogP contribution in [0.5, 0.6) is 0 Å². The molecule has 77 heavy (non-hydrogen) atoms. The largest absolute Gasteiger partial charge is 0.462 e. The van der Waals surface area contributed by atoms with Gasteiger partial charge in [0.2, 0.25) is 0 Å². The summed E-state index contributed by atoms with van der Waals surface area (Å²) < 4.78 is 16.9. The zero-order valence-corrected chi connectivity index (χ0v) is 52.3. The molecule has 1 unspecified atom stereocenters. The van der Waals surface area contributed by atoms with Crippen molar-refractivity contribution in [1.29, 1.82) is 0 Å². The number of carbonyl (C=O) groups excluding carboxylic acids is 3. The third-order valence-electron chi connectivity index (χ3n) is 15.9. The van der Waals surface area contributed by atoms with E-state index >= 15 is 0 Å². The van der Waals surface area contributed by atoms with Gasteiger partial charge in [-0.05, 0) is 70.6 Å². The van der Waals surface area contributed by atoms with E-state index < -0.39 is 6.10 Å².